The molecular weight excluding hydrogens is 190 g/mol. The molecular formula is C11H13N3O. The lowest BCUT2D eigenvalue weighted by Crippen LogP contribution is -2.14. The van der Waals surface area contributed by atoms with E-state index in [1.807, 2.05) is 29.6 Å². The maximum atomic E-state index is 9.32. The minimum absolute atomic E-state index is 0.140. The zero-order valence-electron chi connectivity index (χ0n) is 8.64. The van der Waals surface area contributed by atoms with Crippen molar-refractivity contribution in [2.75, 3.05) is 6.61 Å². The van der Waals surface area contributed by atoms with Crippen molar-refractivity contribution in [3.63, 3.8) is 0 Å². The van der Waals surface area contributed by atoms with Gasteiger partial charge in [0.05, 0.1) is 12.0 Å². The molecule has 0 unspecified atom stereocenters. The summed E-state index contributed by atoms with van der Waals surface area (Å²) in [6, 6.07) is 5.92. The van der Waals surface area contributed by atoms with Crippen LogP contribution in [0.3, 0.4) is 0 Å². The number of aryl methyl sites for hydroxylation is 1. The minimum Gasteiger partial charge on any atom is -0.395 e. The molecule has 0 amide bonds. The highest BCUT2D eigenvalue weighted by molar-refractivity contribution is 5.40. The largest absolute Gasteiger partial charge is 0.395 e. The summed E-state index contributed by atoms with van der Waals surface area (Å²) in [5.41, 5.74) is 1.79. The van der Waals surface area contributed by atoms with Gasteiger partial charge in [0.25, 0.3) is 0 Å². The van der Waals surface area contributed by atoms with Crippen LogP contribution < -0.4 is 0 Å². The van der Waals surface area contributed by atoms with Gasteiger partial charge in [0.2, 0.25) is 0 Å². The van der Waals surface area contributed by atoms with Gasteiger partial charge in [-0.15, -0.1) is 0 Å². The molecule has 0 saturated heterocycles. The molecule has 78 valence electrons. The molecule has 0 aromatic carbocycles. The van der Waals surface area contributed by atoms with E-state index in [1.54, 1.807) is 0 Å². The molecule has 0 aliphatic heterocycles. The predicted octanol–water partition coefficient (Wildman–Crippen LogP) is 1.06. The maximum absolute atomic E-state index is 9.32. The third kappa shape index (κ3) is 1.18. The van der Waals surface area contributed by atoms with Crippen molar-refractivity contribution in [1.29, 1.82) is 0 Å². The second-order valence-electron chi connectivity index (χ2n) is 4.31. The Labute approximate surface area is 87.6 Å². The fourth-order valence-corrected chi connectivity index (χ4v) is 1.86. The summed E-state index contributed by atoms with van der Waals surface area (Å²) in [4.78, 5) is 4.47. The molecule has 3 rings (SSSR count). The molecule has 1 aliphatic rings. The molecule has 0 atom stereocenters. The lowest BCUT2D eigenvalue weighted by molar-refractivity contribution is 0.250. The monoisotopic (exact) mass is 203 g/mol. The molecule has 0 bridgehead atoms. The minimum atomic E-state index is -0.140. The number of rotatable bonds is 2. The first kappa shape index (κ1) is 8.85. The molecule has 15 heavy (non-hydrogen) atoms. The first-order valence-electron chi connectivity index (χ1n) is 5.19. The van der Waals surface area contributed by atoms with Crippen LogP contribution >= 0.6 is 0 Å². The quantitative estimate of drug-likeness (QED) is 0.794. The van der Waals surface area contributed by atoms with Gasteiger partial charge in [-0.2, -0.15) is 5.10 Å². The third-order valence-corrected chi connectivity index (χ3v) is 3.18. The van der Waals surface area contributed by atoms with E-state index >= 15 is 0 Å². The average Bonchev–Trinajstić information content (AvgIpc) is 2.92. The Morgan fingerprint density at radius 1 is 1.47 bits per heavy atom. The normalized spacial score (nSPS) is 18.3. The van der Waals surface area contributed by atoms with E-state index in [2.05, 4.69) is 10.1 Å². The number of pyridine rings is 1. The highest BCUT2D eigenvalue weighted by Gasteiger charge is 2.47. The number of hydrogen-bond donors (Lipinski definition) is 1. The average molecular weight is 203 g/mol. The van der Waals surface area contributed by atoms with Gasteiger partial charge in [0, 0.05) is 5.69 Å². The highest BCUT2D eigenvalue weighted by atomic mass is 16.3. The second-order valence-corrected chi connectivity index (χ2v) is 4.31. The Hall–Kier alpha value is -1.42. The second kappa shape index (κ2) is 2.79. The van der Waals surface area contributed by atoms with Gasteiger partial charge in [-0.3, -0.25) is 0 Å². The topological polar surface area (TPSA) is 50.4 Å². The third-order valence-electron chi connectivity index (χ3n) is 3.18. The van der Waals surface area contributed by atoms with Gasteiger partial charge < -0.3 is 5.11 Å². The van der Waals surface area contributed by atoms with Crippen LogP contribution in [0, 0.1) is 6.92 Å². The summed E-state index contributed by atoms with van der Waals surface area (Å²) < 4.78 is 1.84. The van der Waals surface area contributed by atoms with Gasteiger partial charge in [-0.25, -0.2) is 9.50 Å². The molecule has 1 aliphatic carbocycles. The fourth-order valence-electron chi connectivity index (χ4n) is 1.86. The first-order chi connectivity index (χ1) is 7.25. The fraction of sp³-hybridized carbons (Fsp3) is 0.455. The zero-order valence-corrected chi connectivity index (χ0v) is 8.64. The number of nitrogens with zero attached hydrogens (tertiary/aromatic N) is 3. The van der Waals surface area contributed by atoms with Crippen LogP contribution in [0.4, 0.5) is 0 Å². The van der Waals surface area contributed by atoms with Crippen LogP contribution in [-0.2, 0) is 5.41 Å². The van der Waals surface area contributed by atoms with Gasteiger partial charge >= 0.3 is 0 Å². The number of hydrogen-bond acceptors (Lipinski definition) is 3. The van der Waals surface area contributed by atoms with E-state index < -0.39 is 0 Å². The summed E-state index contributed by atoms with van der Waals surface area (Å²) >= 11 is 0. The van der Waals surface area contributed by atoms with Crippen LogP contribution in [0.25, 0.3) is 5.65 Å². The SMILES string of the molecule is Cc1cccc2nc(C3(CO)CC3)nn12. The molecule has 0 radical (unpaired) electrons. The van der Waals surface area contributed by atoms with Crippen molar-refractivity contribution in [3.8, 4) is 0 Å². The van der Waals surface area contributed by atoms with E-state index in [-0.39, 0.29) is 12.0 Å². The molecule has 1 saturated carbocycles. The van der Waals surface area contributed by atoms with Crippen LogP contribution in [0.15, 0.2) is 18.2 Å². The van der Waals surface area contributed by atoms with Gasteiger partial charge in [-0.05, 0) is 31.9 Å². The Kier molecular flexibility index (Phi) is 1.65. The van der Waals surface area contributed by atoms with E-state index in [1.165, 1.54) is 0 Å². The van der Waals surface area contributed by atoms with E-state index in [4.69, 9.17) is 0 Å². The Morgan fingerprint density at radius 2 is 2.27 bits per heavy atom. The molecule has 2 aromatic heterocycles. The van der Waals surface area contributed by atoms with Crippen LogP contribution in [0.5, 0.6) is 0 Å². The lowest BCUT2D eigenvalue weighted by Gasteiger charge is -2.03. The first-order valence-corrected chi connectivity index (χ1v) is 5.19. The van der Waals surface area contributed by atoms with Crippen LogP contribution in [0.2, 0.25) is 0 Å². The Morgan fingerprint density at radius 3 is 2.87 bits per heavy atom. The maximum Gasteiger partial charge on any atom is 0.160 e. The van der Waals surface area contributed by atoms with Crippen molar-refractivity contribution in [2.24, 2.45) is 0 Å². The van der Waals surface area contributed by atoms with E-state index in [0.717, 1.165) is 30.0 Å². The van der Waals surface area contributed by atoms with Crippen molar-refractivity contribution < 1.29 is 5.11 Å². The van der Waals surface area contributed by atoms with E-state index in [9.17, 15) is 5.11 Å². The van der Waals surface area contributed by atoms with Gasteiger partial charge in [0.1, 0.15) is 0 Å². The molecule has 4 nitrogen and oxygen atoms in total. The van der Waals surface area contributed by atoms with Crippen molar-refractivity contribution in [3.05, 3.63) is 29.7 Å². The van der Waals surface area contributed by atoms with Gasteiger partial charge in [-0.1, -0.05) is 6.07 Å². The summed E-state index contributed by atoms with van der Waals surface area (Å²) in [5.74, 6) is 0.791. The van der Waals surface area contributed by atoms with Crippen molar-refractivity contribution >= 4 is 5.65 Å². The Bertz CT molecular complexity index is 514. The molecule has 2 heterocycles. The number of aliphatic hydroxyl groups excluding tert-OH is 1. The summed E-state index contributed by atoms with van der Waals surface area (Å²) in [6.45, 7) is 2.16. The molecule has 2 aromatic rings. The van der Waals surface area contributed by atoms with Gasteiger partial charge in [0.15, 0.2) is 11.5 Å². The highest BCUT2D eigenvalue weighted by Crippen LogP contribution is 2.46. The number of fused-ring (bicyclic) bond motifs is 1. The molecule has 4 heteroatoms. The smallest absolute Gasteiger partial charge is 0.160 e. The van der Waals surface area contributed by atoms with Crippen LogP contribution in [-0.4, -0.2) is 26.3 Å². The molecule has 1 N–H and O–H groups in total. The zero-order chi connectivity index (χ0) is 10.5. The summed E-state index contributed by atoms with van der Waals surface area (Å²) in [7, 11) is 0. The summed E-state index contributed by atoms with van der Waals surface area (Å²) in [5, 5.41) is 13.8. The number of aromatic nitrogens is 3. The standard InChI is InChI=1S/C11H13N3O/c1-8-3-2-4-9-12-10(13-14(8)9)11(7-15)5-6-11/h2-4,15H,5-7H2,1H3. The molecule has 0 spiro atoms. The lowest BCUT2D eigenvalue weighted by atomic mass is 10.1. The summed E-state index contributed by atoms with van der Waals surface area (Å²) in [6.07, 6.45) is 2.00. The van der Waals surface area contributed by atoms with Crippen LogP contribution in [0.1, 0.15) is 24.4 Å². The predicted molar refractivity (Wildman–Crippen MR) is 55.7 cm³/mol. The van der Waals surface area contributed by atoms with Crippen molar-refractivity contribution in [1.82, 2.24) is 14.6 Å². The Balaban J connectivity index is 2.19. The van der Waals surface area contributed by atoms with E-state index in [0.29, 0.717) is 0 Å². The number of aliphatic hydroxyl groups is 1. The van der Waals surface area contributed by atoms with Crippen molar-refractivity contribution in [2.45, 2.75) is 25.2 Å². The molecule has 1 fully saturated rings.